The molecule has 3 heteroatoms. The molecule has 0 aromatic heterocycles. The van der Waals surface area contributed by atoms with E-state index in [1.54, 1.807) is 0 Å². The number of fused-ring (bicyclic) bond motifs is 1. The summed E-state index contributed by atoms with van der Waals surface area (Å²) in [6.07, 6.45) is 4.84. The quantitative estimate of drug-likeness (QED) is 0.801. The molecule has 0 bridgehead atoms. The smallest absolute Gasteiger partial charge is 0.0495 e. The first-order valence-electron chi connectivity index (χ1n) is 7.02. The summed E-state index contributed by atoms with van der Waals surface area (Å²) < 4.78 is 5.41. The maximum Gasteiger partial charge on any atom is 0.0495 e. The lowest BCUT2D eigenvalue weighted by Crippen LogP contribution is -2.22. The van der Waals surface area contributed by atoms with Crippen LogP contribution in [0.1, 0.15) is 36.4 Å². The molecular weight excluding hydrogens is 224 g/mol. The van der Waals surface area contributed by atoms with Crippen LogP contribution >= 0.6 is 0 Å². The fraction of sp³-hybridized carbons (Fsp3) is 0.600. The maximum absolute atomic E-state index is 5.82. The first-order valence-corrected chi connectivity index (χ1v) is 7.02. The third-order valence-corrected chi connectivity index (χ3v) is 4.21. The molecule has 1 aliphatic carbocycles. The van der Waals surface area contributed by atoms with Gasteiger partial charge in [-0.2, -0.15) is 0 Å². The molecule has 1 heterocycles. The topological polar surface area (TPSA) is 47.3 Å². The van der Waals surface area contributed by atoms with Crippen LogP contribution in [0.4, 0.5) is 5.69 Å². The van der Waals surface area contributed by atoms with E-state index >= 15 is 0 Å². The van der Waals surface area contributed by atoms with E-state index in [1.807, 2.05) is 6.07 Å². The summed E-state index contributed by atoms with van der Waals surface area (Å²) >= 11 is 0. The molecule has 1 aliphatic heterocycles. The largest absolute Gasteiger partial charge is 0.399 e. The highest BCUT2D eigenvalue weighted by molar-refractivity contribution is 5.47. The second kappa shape index (κ2) is 5.29. The number of nitrogens with one attached hydrogen (secondary N) is 1. The van der Waals surface area contributed by atoms with Crippen LogP contribution in [0.5, 0.6) is 0 Å². The fourth-order valence-corrected chi connectivity index (χ4v) is 3.12. The average molecular weight is 246 g/mol. The number of hydrogen-bond donors (Lipinski definition) is 2. The van der Waals surface area contributed by atoms with Crippen LogP contribution in [-0.4, -0.2) is 19.8 Å². The van der Waals surface area contributed by atoms with Crippen LogP contribution < -0.4 is 11.1 Å². The number of aryl methyl sites for hydroxylation is 1. The monoisotopic (exact) mass is 246 g/mol. The molecule has 3 N–H and O–H groups in total. The van der Waals surface area contributed by atoms with Crippen molar-refractivity contribution in [3.8, 4) is 0 Å². The summed E-state index contributed by atoms with van der Waals surface area (Å²) in [6, 6.07) is 6.86. The second-order valence-corrected chi connectivity index (χ2v) is 5.52. The van der Waals surface area contributed by atoms with Gasteiger partial charge in [0, 0.05) is 24.9 Å². The van der Waals surface area contributed by atoms with E-state index in [9.17, 15) is 0 Å². The first-order chi connectivity index (χ1) is 8.83. The van der Waals surface area contributed by atoms with Crippen molar-refractivity contribution in [2.24, 2.45) is 5.92 Å². The normalized spacial score (nSPS) is 26.4. The Kier molecular flexibility index (Phi) is 3.52. The number of anilines is 1. The van der Waals surface area contributed by atoms with Gasteiger partial charge in [-0.05, 0) is 61.4 Å². The van der Waals surface area contributed by atoms with Crippen molar-refractivity contribution in [1.29, 1.82) is 0 Å². The van der Waals surface area contributed by atoms with Crippen molar-refractivity contribution in [1.82, 2.24) is 5.32 Å². The van der Waals surface area contributed by atoms with Gasteiger partial charge in [0.1, 0.15) is 0 Å². The van der Waals surface area contributed by atoms with E-state index in [2.05, 4.69) is 17.4 Å². The van der Waals surface area contributed by atoms with Crippen molar-refractivity contribution in [2.75, 3.05) is 25.5 Å². The lowest BCUT2D eigenvalue weighted by Gasteiger charge is -2.15. The SMILES string of the molecule is Nc1ccc2c(c1)CCC2NCCC1CCOC1. The molecule has 3 nitrogen and oxygen atoms in total. The van der Waals surface area contributed by atoms with Crippen molar-refractivity contribution < 1.29 is 4.74 Å². The summed E-state index contributed by atoms with van der Waals surface area (Å²) in [7, 11) is 0. The number of nitrogens with two attached hydrogens (primary N) is 1. The lowest BCUT2D eigenvalue weighted by atomic mass is 10.0. The van der Waals surface area contributed by atoms with Crippen LogP contribution in [0.25, 0.3) is 0 Å². The molecule has 1 fully saturated rings. The van der Waals surface area contributed by atoms with Gasteiger partial charge in [0.2, 0.25) is 0 Å². The molecule has 1 saturated heterocycles. The summed E-state index contributed by atoms with van der Waals surface area (Å²) in [5.74, 6) is 0.768. The molecule has 98 valence electrons. The summed E-state index contributed by atoms with van der Waals surface area (Å²) in [5.41, 5.74) is 9.59. The molecule has 2 aliphatic rings. The zero-order valence-corrected chi connectivity index (χ0v) is 10.8. The zero-order chi connectivity index (χ0) is 12.4. The predicted molar refractivity (Wildman–Crippen MR) is 73.5 cm³/mol. The van der Waals surface area contributed by atoms with Crippen molar-refractivity contribution in [2.45, 2.75) is 31.7 Å². The molecule has 2 atom stereocenters. The minimum atomic E-state index is 0.530. The van der Waals surface area contributed by atoms with Crippen molar-refractivity contribution in [3.63, 3.8) is 0 Å². The molecule has 18 heavy (non-hydrogen) atoms. The standard InChI is InChI=1S/C15H22N2O/c16-13-2-3-14-12(9-13)1-4-15(14)17-7-5-11-6-8-18-10-11/h2-3,9,11,15,17H,1,4-8,10,16H2. The van der Waals surface area contributed by atoms with Gasteiger partial charge in [-0.15, -0.1) is 0 Å². The molecule has 0 spiro atoms. The van der Waals surface area contributed by atoms with E-state index in [4.69, 9.17) is 10.5 Å². The second-order valence-electron chi connectivity index (χ2n) is 5.52. The molecule has 1 aromatic carbocycles. The summed E-state index contributed by atoms with van der Waals surface area (Å²) in [5, 5.41) is 3.69. The Balaban J connectivity index is 1.53. The van der Waals surface area contributed by atoms with Crippen LogP contribution in [0, 0.1) is 5.92 Å². The van der Waals surface area contributed by atoms with Gasteiger partial charge in [-0.3, -0.25) is 0 Å². The number of benzene rings is 1. The Morgan fingerprint density at radius 3 is 3.11 bits per heavy atom. The van der Waals surface area contributed by atoms with Crippen LogP contribution in [0.15, 0.2) is 18.2 Å². The van der Waals surface area contributed by atoms with Gasteiger partial charge in [-0.25, -0.2) is 0 Å². The molecule has 0 saturated carbocycles. The molecule has 2 unspecified atom stereocenters. The van der Waals surface area contributed by atoms with E-state index < -0.39 is 0 Å². The van der Waals surface area contributed by atoms with Gasteiger partial charge in [0.15, 0.2) is 0 Å². The van der Waals surface area contributed by atoms with Gasteiger partial charge in [-0.1, -0.05) is 6.07 Å². The molecule has 0 radical (unpaired) electrons. The highest BCUT2D eigenvalue weighted by atomic mass is 16.5. The minimum absolute atomic E-state index is 0.530. The third-order valence-electron chi connectivity index (χ3n) is 4.21. The van der Waals surface area contributed by atoms with Crippen LogP contribution in [0.2, 0.25) is 0 Å². The summed E-state index contributed by atoms with van der Waals surface area (Å²) in [6.45, 7) is 3.01. The average Bonchev–Trinajstić information content (AvgIpc) is 2.99. The Morgan fingerprint density at radius 2 is 2.28 bits per heavy atom. The minimum Gasteiger partial charge on any atom is -0.399 e. The zero-order valence-electron chi connectivity index (χ0n) is 10.8. The lowest BCUT2D eigenvalue weighted by molar-refractivity contribution is 0.184. The number of nitrogen functional groups attached to an aromatic ring is 1. The Bertz CT molecular complexity index is 413. The Hall–Kier alpha value is -1.06. The number of rotatable bonds is 4. The third kappa shape index (κ3) is 2.52. The first kappa shape index (κ1) is 12.0. The Morgan fingerprint density at radius 1 is 1.33 bits per heavy atom. The number of ether oxygens (including phenoxy) is 1. The van der Waals surface area contributed by atoms with Crippen LogP contribution in [-0.2, 0) is 11.2 Å². The molecule has 1 aromatic rings. The molecular formula is C15H22N2O. The molecule has 0 amide bonds. The van der Waals surface area contributed by atoms with Gasteiger partial charge in [0.25, 0.3) is 0 Å². The van der Waals surface area contributed by atoms with Gasteiger partial charge < -0.3 is 15.8 Å². The fourth-order valence-electron chi connectivity index (χ4n) is 3.12. The number of hydrogen-bond acceptors (Lipinski definition) is 3. The van der Waals surface area contributed by atoms with Gasteiger partial charge >= 0.3 is 0 Å². The predicted octanol–water partition coefficient (Wildman–Crippen LogP) is 2.27. The summed E-state index contributed by atoms with van der Waals surface area (Å²) in [4.78, 5) is 0. The van der Waals surface area contributed by atoms with E-state index in [1.165, 1.54) is 30.4 Å². The van der Waals surface area contributed by atoms with Crippen LogP contribution in [0.3, 0.4) is 0 Å². The molecule has 3 rings (SSSR count). The maximum atomic E-state index is 5.82. The van der Waals surface area contributed by atoms with E-state index in [-0.39, 0.29) is 0 Å². The van der Waals surface area contributed by atoms with Crippen molar-refractivity contribution >= 4 is 5.69 Å². The Labute approximate surface area is 109 Å². The van der Waals surface area contributed by atoms with Crippen molar-refractivity contribution in [3.05, 3.63) is 29.3 Å². The van der Waals surface area contributed by atoms with Gasteiger partial charge in [0.05, 0.1) is 0 Å². The van der Waals surface area contributed by atoms with E-state index in [0.717, 1.165) is 37.8 Å². The highest BCUT2D eigenvalue weighted by Crippen LogP contribution is 2.32. The highest BCUT2D eigenvalue weighted by Gasteiger charge is 2.22. The van der Waals surface area contributed by atoms with E-state index in [0.29, 0.717) is 6.04 Å².